The first kappa shape index (κ1) is 8.00. The van der Waals surface area contributed by atoms with Crippen molar-refractivity contribution in [1.82, 2.24) is 0 Å². The molecule has 0 spiro atoms. The highest BCUT2D eigenvalue weighted by atomic mass is 32.2. The predicted octanol–water partition coefficient (Wildman–Crippen LogP) is -0.147. The van der Waals surface area contributed by atoms with Crippen molar-refractivity contribution in [3.05, 3.63) is 0 Å². The average molecular weight is 141 g/mol. The van der Waals surface area contributed by atoms with E-state index in [1.807, 2.05) is 0 Å². The quantitative estimate of drug-likeness (QED) is 0.537. The maximum absolute atomic E-state index is 11.9. The fraction of sp³-hybridized carbons (Fsp3) is 1.00. The minimum absolute atomic E-state index is 0.0525. The zero-order chi connectivity index (χ0) is 6.57. The van der Waals surface area contributed by atoms with Crippen molar-refractivity contribution >= 4 is 11.1 Å². The van der Waals surface area contributed by atoms with Gasteiger partial charge in [-0.2, -0.15) is 0 Å². The van der Waals surface area contributed by atoms with Gasteiger partial charge in [-0.05, 0) is 6.54 Å². The summed E-state index contributed by atoms with van der Waals surface area (Å²) in [4.78, 5) is 0. The number of hydrogen-bond donors (Lipinski definition) is 2. The summed E-state index contributed by atoms with van der Waals surface area (Å²) in [7, 11) is 0. The summed E-state index contributed by atoms with van der Waals surface area (Å²) in [6.07, 6.45) is -0.0525. The molecular weight excluding hydrogens is 133 g/mol. The summed E-state index contributed by atoms with van der Waals surface area (Å²) < 4.78 is 29.7. The minimum atomic E-state index is -2.36. The molecule has 0 aromatic heterocycles. The molecule has 0 fully saturated rings. The molecule has 0 amide bonds. The summed E-state index contributed by atoms with van der Waals surface area (Å²) >= 11 is -2.36. The van der Waals surface area contributed by atoms with E-state index in [9.17, 15) is 8.60 Å². The Labute approximate surface area is 49.4 Å². The Bertz CT molecular complexity index is 89.4. The first-order valence-corrected chi connectivity index (χ1v) is 3.29. The second-order valence-electron chi connectivity index (χ2n) is 1.26. The SMILES string of the molecule is NCCC(F)S(=O)O. The molecule has 0 saturated heterocycles. The lowest BCUT2D eigenvalue weighted by Crippen LogP contribution is -2.13. The van der Waals surface area contributed by atoms with E-state index >= 15 is 0 Å². The Kier molecular flexibility index (Phi) is 3.94. The van der Waals surface area contributed by atoms with Crippen LogP contribution in [0.25, 0.3) is 0 Å². The average Bonchev–Trinajstić information content (AvgIpc) is 1.67. The Balaban J connectivity index is 3.32. The van der Waals surface area contributed by atoms with Crippen molar-refractivity contribution in [2.75, 3.05) is 6.54 Å². The normalized spacial score (nSPS) is 17.9. The Morgan fingerprint density at radius 1 is 1.88 bits per heavy atom. The van der Waals surface area contributed by atoms with Crippen LogP contribution in [0.3, 0.4) is 0 Å². The topological polar surface area (TPSA) is 63.3 Å². The fourth-order valence-corrected chi connectivity index (χ4v) is 0.570. The van der Waals surface area contributed by atoms with Crippen LogP contribution in [-0.4, -0.2) is 20.8 Å². The van der Waals surface area contributed by atoms with Crippen molar-refractivity contribution in [2.45, 2.75) is 11.9 Å². The van der Waals surface area contributed by atoms with Crippen LogP contribution in [0.1, 0.15) is 6.42 Å². The number of halogens is 1. The van der Waals surface area contributed by atoms with Crippen molar-refractivity contribution in [3.8, 4) is 0 Å². The third-order valence-electron chi connectivity index (χ3n) is 0.612. The van der Waals surface area contributed by atoms with Gasteiger partial charge < -0.3 is 10.3 Å². The monoisotopic (exact) mass is 141 g/mol. The summed E-state index contributed by atoms with van der Waals surface area (Å²) in [6.45, 7) is 0.105. The molecule has 2 atom stereocenters. The van der Waals surface area contributed by atoms with Crippen LogP contribution >= 0.6 is 0 Å². The molecule has 5 heteroatoms. The molecule has 0 bridgehead atoms. The summed E-state index contributed by atoms with van der Waals surface area (Å²) in [5.41, 5.74) is 3.20. The van der Waals surface area contributed by atoms with Gasteiger partial charge in [-0.25, -0.2) is 8.60 Å². The van der Waals surface area contributed by atoms with Crippen LogP contribution in [0.2, 0.25) is 0 Å². The largest absolute Gasteiger partial charge is 0.330 e. The van der Waals surface area contributed by atoms with Crippen LogP contribution in [-0.2, 0) is 11.1 Å². The van der Waals surface area contributed by atoms with E-state index in [0.29, 0.717) is 0 Å². The van der Waals surface area contributed by atoms with E-state index in [1.165, 1.54) is 0 Å². The molecule has 0 rings (SSSR count). The van der Waals surface area contributed by atoms with E-state index in [2.05, 4.69) is 0 Å². The van der Waals surface area contributed by atoms with Crippen LogP contribution in [0.15, 0.2) is 0 Å². The van der Waals surface area contributed by atoms with Gasteiger partial charge in [-0.15, -0.1) is 0 Å². The van der Waals surface area contributed by atoms with Crippen LogP contribution in [0.5, 0.6) is 0 Å². The van der Waals surface area contributed by atoms with Crippen LogP contribution in [0, 0.1) is 0 Å². The Morgan fingerprint density at radius 3 is 2.50 bits per heavy atom. The Hall–Kier alpha value is -0.0000000000000000486. The lowest BCUT2D eigenvalue weighted by Gasteiger charge is -1.97. The molecule has 0 aromatic carbocycles. The highest BCUT2D eigenvalue weighted by Gasteiger charge is 2.09. The van der Waals surface area contributed by atoms with E-state index in [-0.39, 0.29) is 13.0 Å². The van der Waals surface area contributed by atoms with Gasteiger partial charge in [0.05, 0.1) is 0 Å². The fourth-order valence-electron chi connectivity index (χ4n) is 0.232. The van der Waals surface area contributed by atoms with E-state index in [1.54, 1.807) is 0 Å². The molecule has 0 aliphatic heterocycles. The predicted molar refractivity (Wildman–Crippen MR) is 29.3 cm³/mol. The molecule has 0 radical (unpaired) electrons. The maximum atomic E-state index is 11.9. The van der Waals surface area contributed by atoms with E-state index < -0.39 is 16.6 Å². The summed E-state index contributed by atoms with van der Waals surface area (Å²) in [5.74, 6) is 0. The highest BCUT2D eigenvalue weighted by Crippen LogP contribution is 1.98. The third-order valence-corrected chi connectivity index (χ3v) is 1.29. The first-order valence-electron chi connectivity index (χ1n) is 2.12. The van der Waals surface area contributed by atoms with Gasteiger partial charge in [0.25, 0.3) is 0 Å². The van der Waals surface area contributed by atoms with E-state index in [0.717, 1.165) is 0 Å². The molecular formula is C3H8FNO2S. The second-order valence-corrected chi connectivity index (χ2v) is 2.33. The molecule has 0 saturated carbocycles. The zero-order valence-electron chi connectivity index (χ0n) is 4.21. The molecule has 0 aliphatic rings. The molecule has 8 heavy (non-hydrogen) atoms. The third kappa shape index (κ3) is 3.06. The number of hydrogen-bond acceptors (Lipinski definition) is 2. The summed E-state index contributed by atoms with van der Waals surface area (Å²) in [5, 5.41) is 0. The van der Waals surface area contributed by atoms with Gasteiger partial charge in [0, 0.05) is 6.42 Å². The van der Waals surface area contributed by atoms with Gasteiger partial charge in [0.2, 0.25) is 5.50 Å². The standard InChI is InChI=1S/C3H8FNO2S/c4-3(1-2-5)8(6)7/h3H,1-2,5H2,(H,6,7). The lowest BCUT2D eigenvalue weighted by molar-refractivity contribution is 0.394. The van der Waals surface area contributed by atoms with Crippen molar-refractivity contribution < 1.29 is 13.2 Å². The molecule has 2 unspecified atom stereocenters. The van der Waals surface area contributed by atoms with Gasteiger partial charge in [-0.1, -0.05) is 0 Å². The Morgan fingerprint density at radius 2 is 2.38 bits per heavy atom. The second kappa shape index (κ2) is 3.94. The van der Waals surface area contributed by atoms with E-state index in [4.69, 9.17) is 10.3 Å². The molecule has 0 aromatic rings. The number of rotatable bonds is 3. The molecule has 0 aliphatic carbocycles. The van der Waals surface area contributed by atoms with Gasteiger partial charge in [0.1, 0.15) is 0 Å². The molecule has 3 N–H and O–H groups in total. The number of alkyl halides is 1. The van der Waals surface area contributed by atoms with Gasteiger partial charge in [0.15, 0.2) is 11.1 Å². The molecule has 50 valence electrons. The molecule has 3 nitrogen and oxygen atoms in total. The van der Waals surface area contributed by atoms with Gasteiger partial charge >= 0.3 is 0 Å². The first-order chi connectivity index (χ1) is 3.68. The van der Waals surface area contributed by atoms with Crippen molar-refractivity contribution in [3.63, 3.8) is 0 Å². The lowest BCUT2D eigenvalue weighted by atomic mass is 10.5. The maximum Gasteiger partial charge on any atom is 0.201 e. The number of nitrogens with two attached hydrogens (primary N) is 1. The molecule has 0 heterocycles. The minimum Gasteiger partial charge on any atom is -0.330 e. The van der Waals surface area contributed by atoms with Gasteiger partial charge in [-0.3, -0.25) is 0 Å². The smallest absolute Gasteiger partial charge is 0.201 e. The van der Waals surface area contributed by atoms with Crippen LogP contribution in [0.4, 0.5) is 4.39 Å². The van der Waals surface area contributed by atoms with Crippen LogP contribution < -0.4 is 5.73 Å². The van der Waals surface area contributed by atoms with Crippen molar-refractivity contribution in [2.24, 2.45) is 5.73 Å². The highest BCUT2D eigenvalue weighted by molar-refractivity contribution is 7.79. The van der Waals surface area contributed by atoms with Crippen molar-refractivity contribution in [1.29, 1.82) is 0 Å². The zero-order valence-corrected chi connectivity index (χ0v) is 5.03. The summed E-state index contributed by atoms with van der Waals surface area (Å²) in [6, 6.07) is 0.